The topological polar surface area (TPSA) is 54.4 Å². The number of carboxylic acid groups (broad SMARTS) is 1. The molecule has 1 atom stereocenters. The Bertz CT molecular complexity index is 623. The van der Waals surface area contributed by atoms with E-state index >= 15 is 0 Å². The fourth-order valence-corrected chi connectivity index (χ4v) is 2.70. The highest BCUT2D eigenvalue weighted by Crippen LogP contribution is 2.14. The molecule has 0 heterocycles. The summed E-state index contributed by atoms with van der Waals surface area (Å²) in [6.07, 6.45) is 0. The first kappa shape index (κ1) is 13.4. The van der Waals surface area contributed by atoms with Crippen molar-refractivity contribution in [2.45, 2.75) is 10.6 Å². The molecule has 0 aliphatic carbocycles. The maximum atomic E-state index is 12.8. The molecular formula is C14H11FO3S. The first-order valence-corrected chi connectivity index (χ1v) is 6.84. The molecule has 5 heteroatoms. The fourth-order valence-electron chi connectivity index (χ4n) is 1.62. The maximum Gasteiger partial charge on any atom is 0.335 e. The molecule has 0 bridgehead atoms. The predicted octanol–water partition coefficient (Wildman–Crippen LogP) is 2.83. The van der Waals surface area contributed by atoms with Gasteiger partial charge in [0.15, 0.2) is 0 Å². The Labute approximate surface area is 112 Å². The second kappa shape index (κ2) is 5.75. The molecule has 0 spiro atoms. The lowest BCUT2D eigenvalue weighted by Crippen LogP contribution is -2.00. The summed E-state index contributed by atoms with van der Waals surface area (Å²) in [5.41, 5.74) is 0.830. The summed E-state index contributed by atoms with van der Waals surface area (Å²) in [5.74, 6) is -1.20. The second-order valence-corrected chi connectivity index (χ2v) is 5.40. The summed E-state index contributed by atoms with van der Waals surface area (Å²) >= 11 is 0. The first-order valence-electron chi connectivity index (χ1n) is 5.52. The molecule has 19 heavy (non-hydrogen) atoms. The van der Waals surface area contributed by atoms with E-state index in [1.165, 1.54) is 36.4 Å². The lowest BCUT2D eigenvalue weighted by Gasteiger charge is -2.04. The van der Waals surface area contributed by atoms with E-state index in [9.17, 15) is 13.4 Å². The minimum atomic E-state index is -1.32. The average Bonchev–Trinajstić information content (AvgIpc) is 2.39. The summed E-state index contributed by atoms with van der Waals surface area (Å²) in [6.45, 7) is 0. The summed E-state index contributed by atoms with van der Waals surface area (Å²) in [7, 11) is -1.32. The Balaban J connectivity index is 2.17. The number of aromatic carboxylic acids is 1. The molecule has 2 aromatic rings. The van der Waals surface area contributed by atoms with Crippen LogP contribution in [0.1, 0.15) is 15.9 Å². The highest BCUT2D eigenvalue weighted by Gasteiger charge is 2.08. The van der Waals surface area contributed by atoms with Crippen molar-refractivity contribution in [1.82, 2.24) is 0 Å². The number of carbonyl (C=O) groups is 1. The molecule has 2 rings (SSSR count). The van der Waals surface area contributed by atoms with Crippen LogP contribution < -0.4 is 0 Å². The zero-order valence-corrected chi connectivity index (χ0v) is 10.7. The first-order chi connectivity index (χ1) is 9.06. The van der Waals surface area contributed by atoms with Crippen LogP contribution >= 0.6 is 0 Å². The van der Waals surface area contributed by atoms with Gasteiger partial charge in [-0.1, -0.05) is 12.1 Å². The Kier molecular flexibility index (Phi) is 4.06. The van der Waals surface area contributed by atoms with E-state index in [0.29, 0.717) is 10.5 Å². The Hall–Kier alpha value is -2.01. The van der Waals surface area contributed by atoms with Crippen LogP contribution in [0.2, 0.25) is 0 Å². The molecule has 0 amide bonds. The van der Waals surface area contributed by atoms with Gasteiger partial charge in [-0.15, -0.1) is 0 Å². The van der Waals surface area contributed by atoms with Gasteiger partial charge in [0.2, 0.25) is 0 Å². The van der Waals surface area contributed by atoms with Crippen molar-refractivity contribution in [3.63, 3.8) is 0 Å². The number of hydrogen-bond acceptors (Lipinski definition) is 2. The van der Waals surface area contributed by atoms with Gasteiger partial charge in [0.05, 0.1) is 22.1 Å². The summed E-state index contributed by atoms with van der Waals surface area (Å²) in [6, 6.07) is 11.7. The van der Waals surface area contributed by atoms with Crippen molar-refractivity contribution in [3.05, 3.63) is 65.5 Å². The predicted molar refractivity (Wildman–Crippen MR) is 69.9 cm³/mol. The van der Waals surface area contributed by atoms with Gasteiger partial charge in [-0.2, -0.15) is 0 Å². The maximum absolute atomic E-state index is 12.8. The lowest BCUT2D eigenvalue weighted by atomic mass is 10.1. The minimum absolute atomic E-state index is 0.161. The van der Waals surface area contributed by atoms with Crippen LogP contribution in [0, 0.1) is 5.82 Å². The number of halogens is 1. The third-order valence-electron chi connectivity index (χ3n) is 2.55. The molecule has 1 unspecified atom stereocenters. The van der Waals surface area contributed by atoms with Gasteiger partial charge in [0, 0.05) is 4.90 Å². The van der Waals surface area contributed by atoms with Gasteiger partial charge < -0.3 is 5.11 Å². The molecule has 0 radical (unpaired) electrons. The van der Waals surface area contributed by atoms with Gasteiger partial charge >= 0.3 is 5.97 Å². The zero-order chi connectivity index (χ0) is 13.8. The van der Waals surface area contributed by atoms with Gasteiger partial charge in [0.1, 0.15) is 5.82 Å². The minimum Gasteiger partial charge on any atom is -0.478 e. The molecular weight excluding hydrogens is 267 g/mol. The van der Waals surface area contributed by atoms with Crippen LogP contribution in [0.15, 0.2) is 53.4 Å². The molecule has 98 valence electrons. The van der Waals surface area contributed by atoms with Crippen molar-refractivity contribution in [1.29, 1.82) is 0 Å². The monoisotopic (exact) mass is 278 g/mol. The Morgan fingerprint density at radius 3 is 2.47 bits per heavy atom. The standard InChI is InChI=1S/C14H11FO3S/c15-12-4-6-13(7-5-12)19(18)9-10-2-1-3-11(8-10)14(16)17/h1-8H,9H2,(H,16,17). The van der Waals surface area contributed by atoms with E-state index in [1.807, 2.05) is 0 Å². The van der Waals surface area contributed by atoms with E-state index < -0.39 is 16.8 Å². The van der Waals surface area contributed by atoms with Gasteiger partial charge in [-0.05, 0) is 42.0 Å². The van der Waals surface area contributed by atoms with E-state index in [4.69, 9.17) is 5.11 Å². The van der Waals surface area contributed by atoms with Gasteiger partial charge in [-0.3, -0.25) is 4.21 Å². The summed E-state index contributed by atoms with van der Waals surface area (Å²) in [4.78, 5) is 11.3. The van der Waals surface area contributed by atoms with Crippen LogP contribution in [0.3, 0.4) is 0 Å². The van der Waals surface area contributed by atoms with E-state index in [2.05, 4.69) is 0 Å². The molecule has 3 nitrogen and oxygen atoms in total. The molecule has 0 aliphatic rings. The second-order valence-electron chi connectivity index (χ2n) is 3.95. The number of hydrogen-bond donors (Lipinski definition) is 1. The van der Waals surface area contributed by atoms with E-state index in [-0.39, 0.29) is 17.1 Å². The zero-order valence-electron chi connectivity index (χ0n) is 9.88. The number of benzene rings is 2. The van der Waals surface area contributed by atoms with Crippen molar-refractivity contribution in [2.75, 3.05) is 0 Å². The molecule has 1 N–H and O–H groups in total. The van der Waals surface area contributed by atoms with E-state index in [0.717, 1.165) is 0 Å². The Morgan fingerprint density at radius 2 is 1.84 bits per heavy atom. The van der Waals surface area contributed by atoms with Crippen molar-refractivity contribution < 1.29 is 18.5 Å². The molecule has 0 aliphatic heterocycles. The summed E-state index contributed by atoms with van der Waals surface area (Å²) in [5, 5.41) is 8.87. The quantitative estimate of drug-likeness (QED) is 0.935. The largest absolute Gasteiger partial charge is 0.478 e. The van der Waals surface area contributed by atoms with Crippen LogP contribution in [0.5, 0.6) is 0 Å². The highest BCUT2D eigenvalue weighted by molar-refractivity contribution is 7.84. The third-order valence-corrected chi connectivity index (χ3v) is 3.94. The van der Waals surface area contributed by atoms with Gasteiger partial charge in [0.25, 0.3) is 0 Å². The molecule has 0 saturated carbocycles. The summed E-state index contributed by atoms with van der Waals surface area (Å²) < 4.78 is 24.8. The smallest absolute Gasteiger partial charge is 0.335 e. The van der Waals surface area contributed by atoms with Crippen molar-refractivity contribution in [2.24, 2.45) is 0 Å². The van der Waals surface area contributed by atoms with Crippen LogP contribution in [-0.4, -0.2) is 15.3 Å². The van der Waals surface area contributed by atoms with Crippen molar-refractivity contribution in [3.8, 4) is 0 Å². The SMILES string of the molecule is O=C(O)c1cccc(CS(=O)c2ccc(F)cc2)c1. The van der Waals surface area contributed by atoms with Crippen molar-refractivity contribution >= 4 is 16.8 Å². The normalized spacial score (nSPS) is 12.1. The van der Waals surface area contributed by atoms with Crippen LogP contribution in [-0.2, 0) is 16.6 Å². The fraction of sp³-hybridized carbons (Fsp3) is 0.0714. The average molecular weight is 278 g/mol. The van der Waals surface area contributed by atoms with Crippen LogP contribution in [0.4, 0.5) is 4.39 Å². The third kappa shape index (κ3) is 3.48. The van der Waals surface area contributed by atoms with Gasteiger partial charge in [-0.25, -0.2) is 9.18 Å². The molecule has 0 aromatic heterocycles. The number of carboxylic acids is 1. The number of rotatable bonds is 4. The molecule has 0 fully saturated rings. The van der Waals surface area contributed by atoms with E-state index in [1.54, 1.807) is 12.1 Å². The lowest BCUT2D eigenvalue weighted by molar-refractivity contribution is 0.0696. The molecule has 0 saturated heterocycles. The van der Waals surface area contributed by atoms with Crippen LogP contribution in [0.25, 0.3) is 0 Å². The molecule has 2 aromatic carbocycles. The Morgan fingerprint density at radius 1 is 1.16 bits per heavy atom. The highest BCUT2D eigenvalue weighted by atomic mass is 32.2.